The van der Waals surface area contributed by atoms with Gasteiger partial charge < -0.3 is 4.74 Å². The predicted octanol–water partition coefficient (Wildman–Crippen LogP) is 2.96. The highest BCUT2D eigenvalue weighted by Gasteiger charge is 2.56. The first-order chi connectivity index (χ1) is 8.44. The number of hydrogen-bond acceptors (Lipinski definition) is 3. The third-order valence-electron chi connectivity index (χ3n) is 4.85. The fraction of sp³-hybridized carbons (Fsp3) is 0.800. The molecule has 1 radical (unpaired) electrons. The summed E-state index contributed by atoms with van der Waals surface area (Å²) in [5.74, 6) is -0.470. The van der Waals surface area contributed by atoms with Crippen molar-refractivity contribution in [1.82, 2.24) is 5.06 Å². The SMILES string of the molecule is C=C(C)C(=O)OC1C(C)C(C)(C)N([O])C(C)(C)C1C. The molecule has 109 valence electrons. The summed E-state index contributed by atoms with van der Waals surface area (Å²) in [6.45, 7) is 16.8. The number of esters is 1. The van der Waals surface area contributed by atoms with Gasteiger partial charge in [-0.1, -0.05) is 20.4 Å². The topological polar surface area (TPSA) is 49.4 Å². The van der Waals surface area contributed by atoms with Crippen LogP contribution in [0.3, 0.4) is 0 Å². The van der Waals surface area contributed by atoms with Crippen molar-refractivity contribution in [3.05, 3.63) is 12.2 Å². The summed E-state index contributed by atoms with van der Waals surface area (Å²) in [6, 6.07) is 0. The van der Waals surface area contributed by atoms with Gasteiger partial charge in [0, 0.05) is 17.4 Å². The highest BCUT2D eigenvalue weighted by molar-refractivity contribution is 5.87. The summed E-state index contributed by atoms with van der Waals surface area (Å²) in [4.78, 5) is 11.8. The number of hydrogen-bond donors (Lipinski definition) is 0. The second-order valence-electron chi connectivity index (χ2n) is 6.83. The quantitative estimate of drug-likeness (QED) is 0.571. The van der Waals surface area contributed by atoms with E-state index in [0.29, 0.717) is 5.57 Å². The molecular formula is C15H26NO3. The lowest BCUT2D eigenvalue weighted by Gasteiger charge is -2.56. The van der Waals surface area contributed by atoms with Crippen molar-refractivity contribution >= 4 is 5.97 Å². The third-order valence-corrected chi connectivity index (χ3v) is 4.85. The van der Waals surface area contributed by atoms with E-state index in [2.05, 4.69) is 6.58 Å². The average Bonchev–Trinajstić information content (AvgIpc) is 2.31. The highest BCUT2D eigenvalue weighted by atomic mass is 16.5. The number of nitrogens with zero attached hydrogens (tertiary/aromatic N) is 1. The van der Waals surface area contributed by atoms with Crippen LogP contribution in [-0.2, 0) is 14.7 Å². The Morgan fingerprint density at radius 2 is 1.47 bits per heavy atom. The van der Waals surface area contributed by atoms with Crippen LogP contribution in [0.4, 0.5) is 0 Å². The van der Waals surface area contributed by atoms with Gasteiger partial charge in [0.25, 0.3) is 0 Å². The van der Waals surface area contributed by atoms with E-state index in [1.165, 1.54) is 0 Å². The number of ether oxygens (including phenoxy) is 1. The molecular weight excluding hydrogens is 242 g/mol. The second kappa shape index (κ2) is 4.91. The van der Waals surface area contributed by atoms with Gasteiger partial charge in [0.2, 0.25) is 0 Å². The average molecular weight is 268 g/mol. The molecule has 4 heteroatoms. The molecule has 0 spiro atoms. The van der Waals surface area contributed by atoms with Crippen LogP contribution < -0.4 is 0 Å². The number of hydroxylamine groups is 2. The summed E-state index contributed by atoms with van der Waals surface area (Å²) in [5.41, 5.74) is -0.758. The standard InChI is InChI=1S/C15H26NO3/c1-9(2)13(17)19-12-10(3)14(5,6)16(18)15(7,8)11(12)4/h10-12H,1H2,2-8H3. The van der Waals surface area contributed by atoms with E-state index in [1.807, 2.05) is 41.5 Å². The van der Waals surface area contributed by atoms with E-state index >= 15 is 0 Å². The maximum Gasteiger partial charge on any atom is 0.333 e. The zero-order valence-corrected chi connectivity index (χ0v) is 13.1. The summed E-state index contributed by atoms with van der Waals surface area (Å²) in [6.07, 6.45) is -0.278. The van der Waals surface area contributed by atoms with Crippen molar-refractivity contribution in [2.24, 2.45) is 11.8 Å². The highest BCUT2D eigenvalue weighted by Crippen LogP contribution is 2.45. The second-order valence-corrected chi connectivity index (χ2v) is 6.83. The van der Waals surface area contributed by atoms with Crippen molar-refractivity contribution in [3.8, 4) is 0 Å². The normalized spacial score (nSPS) is 33.8. The van der Waals surface area contributed by atoms with Crippen LogP contribution in [0.1, 0.15) is 48.5 Å². The largest absolute Gasteiger partial charge is 0.458 e. The Hall–Kier alpha value is -0.870. The van der Waals surface area contributed by atoms with E-state index < -0.39 is 11.1 Å². The molecule has 0 aromatic rings. The van der Waals surface area contributed by atoms with E-state index in [-0.39, 0.29) is 23.9 Å². The molecule has 0 saturated carbocycles. The Balaban J connectivity index is 3.10. The maximum absolute atomic E-state index is 12.5. The van der Waals surface area contributed by atoms with E-state index in [0.717, 1.165) is 5.06 Å². The zero-order valence-electron chi connectivity index (χ0n) is 13.1. The lowest BCUT2D eigenvalue weighted by Crippen LogP contribution is -2.68. The van der Waals surface area contributed by atoms with Gasteiger partial charge in [-0.15, -0.1) is 10.3 Å². The summed E-state index contributed by atoms with van der Waals surface area (Å²) in [5, 5.41) is 13.7. The molecule has 0 bridgehead atoms. The van der Waals surface area contributed by atoms with Gasteiger partial charge in [0.1, 0.15) is 6.10 Å². The molecule has 1 aliphatic rings. The first-order valence-corrected chi connectivity index (χ1v) is 6.78. The molecule has 1 aliphatic heterocycles. The molecule has 0 aromatic carbocycles. The number of carbonyl (C=O) groups is 1. The molecule has 1 rings (SSSR count). The fourth-order valence-electron chi connectivity index (χ4n) is 2.78. The first kappa shape index (κ1) is 16.2. The number of rotatable bonds is 2. The Labute approximate surface area is 116 Å². The Morgan fingerprint density at radius 1 is 1.11 bits per heavy atom. The Bertz CT molecular complexity index is 365. The maximum atomic E-state index is 12.5. The third kappa shape index (κ3) is 2.56. The van der Waals surface area contributed by atoms with Crippen LogP contribution in [0.5, 0.6) is 0 Å². The molecule has 1 saturated heterocycles. The van der Waals surface area contributed by atoms with E-state index in [9.17, 15) is 10.0 Å². The minimum absolute atomic E-state index is 0.0451. The minimum Gasteiger partial charge on any atom is -0.458 e. The predicted molar refractivity (Wildman–Crippen MR) is 73.7 cm³/mol. The zero-order chi connectivity index (χ0) is 15.2. The van der Waals surface area contributed by atoms with Gasteiger partial charge in [-0.25, -0.2) is 4.79 Å². The molecule has 2 atom stereocenters. The van der Waals surface area contributed by atoms with Crippen LogP contribution in [0.25, 0.3) is 0 Å². The van der Waals surface area contributed by atoms with Crippen LogP contribution in [0, 0.1) is 11.8 Å². The molecule has 0 amide bonds. The molecule has 0 aliphatic carbocycles. The van der Waals surface area contributed by atoms with Gasteiger partial charge in [0.15, 0.2) is 0 Å². The monoisotopic (exact) mass is 268 g/mol. The summed E-state index contributed by atoms with van der Waals surface area (Å²) < 4.78 is 5.59. The molecule has 2 unspecified atom stereocenters. The lowest BCUT2D eigenvalue weighted by atomic mass is 9.67. The minimum atomic E-state index is -0.573. The van der Waals surface area contributed by atoms with E-state index in [4.69, 9.17) is 4.74 Å². The number of carbonyl (C=O) groups excluding carboxylic acids is 1. The van der Waals surface area contributed by atoms with Crippen molar-refractivity contribution < 1.29 is 14.7 Å². The van der Waals surface area contributed by atoms with Gasteiger partial charge in [-0.2, -0.15) is 0 Å². The van der Waals surface area contributed by atoms with Crippen LogP contribution in [-0.4, -0.2) is 28.2 Å². The molecule has 1 heterocycles. The number of piperidine rings is 1. The van der Waals surface area contributed by atoms with Crippen LogP contribution in [0.15, 0.2) is 12.2 Å². The van der Waals surface area contributed by atoms with Crippen molar-refractivity contribution in [2.45, 2.75) is 65.6 Å². The van der Waals surface area contributed by atoms with Gasteiger partial charge >= 0.3 is 5.97 Å². The molecule has 0 N–H and O–H groups in total. The van der Waals surface area contributed by atoms with Crippen molar-refractivity contribution in [2.75, 3.05) is 0 Å². The molecule has 0 aromatic heterocycles. The van der Waals surface area contributed by atoms with Crippen molar-refractivity contribution in [3.63, 3.8) is 0 Å². The van der Waals surface area contributed by atoms with E-state index in [1.54, 1.807) is 6.92 Å². The lowest BCUT2D eigenvalue weighted by molar-refractivity contribution is -0.329. The van der Waals surface area contributed by atoms with Gasteiger partial charge in [0.05, 0.1) is 11.1 Å². The van der Waals surface area contributed by atoms with Crippen LogP contribution >= 0.6 is 0 Å². The van der Waals surface area contributed by atoms with Gasteiger partial charge in [-0.3, -0.25) is 0 Å². The molecule has 19 heavy (non-hydrogen) atoms. The van der Waals surface area contributed by atoms with Gasteiger partial charge in [-0.05, 0) is 34.6 Å². The summed E-state index contributed by atoms with van der Waals surface area (Å²) >= 11 is 0. The molecule has 1 fully saturated rings. The Kier molecular flexibility index (Phi) is 4.18. The molecule has 4 nitrogen and oxygen atoms in total. The smallest absolute Gasteiger partial charge is 0.333 e. The fourth-order valence-corrected chi connectivity index (χ4v) is 2.78. The summed E-state index contributed by atoms with van der Waals surface area (Å²) in [7, 11) is 0. The first-order valence-electron chi connectivity index (χ1n) is 6.78. The Morgan fingerprint density at radius 3 is 1.79 bits per heavy atom. The van der Waals surface area contributed by atoms with Crippen molar-refractivity contribution in [1.29, 1.82) is 0 Å². The van der Waals surface area contributed by atoms with Crippen LogP contribution in [0.2, 0.25) is 0 Å².